The normalized spacial score (nSPS) is 16.8. The molecule has 20 heavy (non-hydrogen) atoms. The number of anilines is 2. The number of carbonyl (C=O) groups is 2. The summed E-state index contributed by atoms with van der Waals surface area (Å²) in [4.78, 5) is 24.5. The number of benzene rings is 2. The fourth-order valence-corrected chi connectivity index (χ4v) is 2.69. The van der Waals surface area contributed by atoms with Crippen molar-refractivity contribution in [3.05, 3.63) is 59.7 Å². The molecule has 1 N–H and O–H groups in total. The van der Waals surface area contributed by atoms with Gasteiger partial charge in [-0.1, -0.05) is 30.3 Å². The number of hydrogen-bond donors (Lipinski definition) is 1. The molecular weight excluding hydrogens is 254 g/mol. The molecule has 0 aliphatic carbocycles. The maximum atomic E-state index is 11.5. The maximum Gasteiger partial charge on any atom is 0.327 e. The van der Waals surface area contributed by atoms with Gasteiger partial charge < -0.3 is 10.0 Å². The fourth-order valence-electron chi connectivity index (χ4n) is 2.69. The summed E-state index contributed by atoms with van der Waals surface area (Å²) in [6, 6.07) is 14.0. The Balaban J connectivity index is 2.18. The van der Waals surface area contributed by atoms with Crippen molar-refractivity contribution in [1.82, 2.24) is 0 Å². The van der Waals surface area contributed by atoms with Gasteiger partial charge in [0.15, 0.2) is 6.29 Å². The van der Waals surface area contributed by atoms with E-state index in [9.17, 15) is 14.7 Å². The van der Waals surface area contributed by atoms with Crippen LogP contribution in [0.3, 0.4) is 0 Å². The van der Waals surface area contributed by atoms with Crippen molar-refractivity contribution < 1.29 is 14.7 Å². The van der Waals surface area contributed by atoms with E-state index in [1.54, 1.807) is 23.1 Å². The first kappa shape index (κ1) is 12.4. The van der Waals surface area contributed by atoms with E-state index in [0.29, 0.717) is 17.7 Å². The Labute approximate surface area is 116 Å². The van der Waals surface area contributed by atoms with Crippen molar-refractivity contribution in [1.29, 1.82) is 0 Å². The highest BCUT2D eigenvalue weighted by Gasteiger charge is 2.35. The van der Waals surface area contributed by atoms with Gasteiger partial charge in [0.05, 0.1) is 5.69 Å². The smallest absolute Gasteiger partial charge is 0.327 e. The molecule has 0 saturated carbocycles. The molecule has 1 aliphatic rings. The predicted octanol–water partition coefficient (Wildman–Crippen LogP) is 2.65. The Bertz CT molecular complexity index is 681. The second kappa shape index (κ2) is 4.81. The Morgan fingerprint density at radius 3 is 2.45 bits per heavy atom. The van der Waals surface area contributed by atoms with Gasteiger partial charge in [-0.3, -0.25) is 4.79 Å². The molecule has 4 heteroatoms. The van der Waals surface area contributed by atoms with Crippen LogP contribution in [0.25, 0.3) is 0 Å². The van der Waals surface area contributed by atoms with Gasteiger partial charge in [-0.05, 0) is 23.8 Å². The molecule has 0 saturated heterocycles. The van der Waals surface area contributed by atoms with E-state index in [4.69, 9.17) is 0 Å². The van der Waals surface area contributed by atoms with E-state index in [1.165, 1.54) is 0 Å². The molecule has 0 aromatic heterocycles. The van der Waals surface area contributed by atoms with Crippen LogP contribution in [0.2, 0.25) is 0 Å². The van der Waals surface area contributed by atoms with Crippen molar-refractivity contribution in [3.63, 3.8) is 0 Å². The minimum absolute atomic E-state index is 0.443. The Hall–Kier alpha value is -2.62. The predicted molar refractivity (Wildman–Crippen MR) is 75.5 cm³/mol. The topological polar surface area (TPSA) is 57.6 Å². The van der Waals surface area contributed by atoms with Crippen molar-refractivity contribution in [2.24, 2.45) is 0 Å². The summed E-state index contributed by atoms with van der Waals surface area (Å²) in [6.07, 6.45) is 1.20. The molecule has 0 amide bonds. The fraction of sp³-hybridized carbons (Fsp3) is 0.125. The summed E-state index contributed by atoms with van der Waals surface area (Å²) < 4.78 is 0. The molecule has 1 heterocycles. The number of carbonyl (C=O) groups excluding carboxylic acids is 1. The van der Waals surface area contributed by atoms with Gasteiger partial charge in [0.25, 0.3) is 0 Å². The van der Waals surface area contributed by atoms with E-state index in [1.807, 2.05) is 30.3 Å². The molecular formula is C16H13NO3. The molecule has 3 rings (SSSR count). The molecule has 0 radical (unpaired) electrons. The standard InChI is InChI=1S/C16H13NO3/c18-10-12-6-2-4-8-14(12)17-13-7-3-1-5-11(13)9-15(17)16(19)20/h1-8,10,15H,9H2,(H,19,20). The van der Waals surface area contributed by atoms with Gasteiger partial charge in [-0.15, -0.1) is 0 Å². The zero-order valence-corrected chi connectivity index (χ0v) is 10.7. The average Bonchev–Trinajstić information content (AvgIpc) is 2.86. The molecule has 0 fully saturated rings. The summed E-state index contributed by atoms with van der Waals surface area (Å²) in [7, 11) is 0. The third-order valence-corrected chi connectivity index (χ3v) is 3.58. The van der Waals surface area contributed by atoms with Crippen LogP contribution < -0.4 is 4.90 Å². The van der Waals surface area contributed by atoms with Crippen molar-refractivity contribution in [2.75, 3.05) is 4.90 Å². The van der Waals surface area contributed by atoms with Gasteiger partial charge in [0.1, 0.15) is 6.04 Å². The second-order valence-corrected chi connectivity index (χ2v) is 4.73. The van der Waals surface area contributed by atoms with Crippen LogP contribution in [0.1, 0.15) is 15.9 Å². The summed E-state index contributed by atoms with van der Waals surface area (Å²) in [5, 5.41) is 9.45. The van der Waals surface area contributed by atoms with E-state index in [2.05, 4.69) is 0 Å². The van der Waals surface area contributed by atoms with Crippen LogP contribution in [-0.2, 0) is 11.2 Å². The number of para-hydroxylation sites is 2. The van der Waals surface area contributed by atoms with Crippen molar-refractivity contribution in [2.45, 2.75) is 12.5 Å². The van der Waals surface area contributed by atoms with Gasteiger partial charge in [0.2, 0.25) is 0 Å². The lowest BCUT2D eigenvalue weighted by Crippen LogP contribution is -2.35. The molecule has 2 aromatic rings. The summed E-state index contributed by atoms with van der Waals surface area (Å²) in [5.41, 5.74) is 2.98. The first-order chi connectivity index (χ1) is 9.72. The van der Waals surface area contributed by atoms with Crippen molar-refractivity contribution in [3.8, 4) is 0 Å². The van der Waals surface area contributed by atoms with Gasteiger partial charge in [-0.25, -0.2) is 4.79 Å². The number of nitrogens with zero attached hydrogens (tertiary/aromatic N) is 1. The highest BCUT2D eigenvalue weighted by atomic mass is 16.4. The number of carboxylic acid groups (broad SMARTS) is 1. The minimum Gasteiger partial charge on any atom is -0.480 e. The highest BCUT2D eigenvalue weighted by molar-refractivity contribution is 5.93. The van der Waals surface area contributed by atoms with Gasteiger partial charge in [-0.2, -0.15) is 0 Å². The number of aliphatic carboxylic acids is 1. The molecule has 1 aliphatic heterocycles. The molecule has 2 aromatic carbocycles. The van der Waals surface area contributed by atoms with E-state index in [0.717, 1.165) is 17.5 Å². The molecule has 100 valence electrons. The maximum absolute atomic E-state index is 11.5. The van der Waals surface area contributed by atoms with Crippen LogP contribution in [0.4, 0.5) is 11.4 Å². The van der Waals surface area contributed by atoms with Gasteiger partial charge in [0, 0.05) is 17.7 Å². The van der Waals surface area contributed by atoms with Gasteiger partial charge >= 0.3 is 5.97 Å². The quantitative estimate of drug-likeness (QED) is 0.868. The molecule has 0 spiro atoms. The Morgan fingerprint density at radius 1 is 1.10 bits per heavy atom. The number of aldehydes is 1. The van der Waals surface area contributed by atoms with Crippen LogP contribution in [-0.4, -0.2) is 23.4 Å². The first-order valence-corrected chi connectivity index (χ1v) is 6.36. The van der Waals surface area contributed by atoms with Crippen LogP contribution in [0.5, 0.6) is 0 Å². The summed E-state index contributed by atoms with van der Waals surface area (Å²) in [5.74, 6) is -0.887. The Morgan fingerprint density at radius 2 is 1.75 bits per heavy atom. The van der Waals surface area contributed by atoms with Crippen LogP contribution in [0.15, 0.2) is 48.5 Å². The number of carboxylic acids is 1. The minimum atomic E-state index is -0.887. The van der Waals surface area contributed by atoms with E-state index < -0.39 is 12.0 Å². The summed E-state index contributed by atoms with van der Waals surface area (Å²) >= 11 is 0. The summed E-state index contributed by atoms with van der Waals surface area (Å²) in [6.45, 7) is 0. The highest BCUT2D eigenvalue weighted by Crippen LogP contribution is 2.39. The zero-order valence-electron chi connectivity index (χ0n) is 10.7. The second-order valence-electron chi connectivity index (χ2n) is 4.73. The largest absolute Gasteiger partial charge is 0.480 e. The van der Waals surface area contributed by atoms with E-state index >= 15 is 0 Å². The number of rotatable bonds is 3. The average molecular weight is 267 g/mol. The molecule has 1 atom stereocenters. The lowest BCUT2D eigenvalue weighted by molar-refractivity contribution is -0.138. The van der Waals surface area contributed by atoms with Crippen molar-refractivity contribution >= 4 is 23.6 Å². The third kappa shape index (κ3) is 1.86. The third-order valence-electron chi connectivity index (χ3n) is 3.58. The van der Waals surface area contributed by atoms with E-state index in [-0.39, 0.29) is 0 Å². The Kier molecular flexibility index (Phi) is 2.99. The molecule has 4 nitrogen and oxygen atoms in total. The van der Waals surface area contributed by atoms with Crippen LogP contribution in [0, 0.1) is 0 Å². The lowest BCUT2D eigenvalue weighted by atomic mass is 10.1. The SMILES string of the molecule is O=Cc1ccccc1N1c2ccccc2CC1C(=O)O. The molecule has 1 unspecified atom stereocenters. The van der Waals surface area contributed by atoms with Crippen LogP contribution >= 0.6 is 0 Å². The molecule has 0 bridgehead atoms. The number of hydrogen-bond acceptors (Lipinski definition) is 3. The monoisotopic (exact) mass is 267 g/mol. The first-order valence-electron chi connectivity index (χ1n) is 6.36. The number of fused-ring (bicyclic) bond motifs is 1. The lowest BCUT2D eigenvalue weighted by Gasteiger charge is -2.26. The zero-order chi connectivity index (χ0) is 14.1.